The van der Waals surface area contributed by atoms with Gasteiger partial charge in [0, 0.05) is 25.7 Å². The average molecular weight is 1440 g/mol. The van der Waals surface area contributed by atoms with Crippen LogP contribution in [0.2, 0.25) is 0 Å². The summed E-state index contributed by atoms with van der Waals surface area (Å²) >= 11 is 0. The van der Waals surface area contributed by atoms with Gasteiger partial charge in [-0.3, -0.25) is 37.3 Å². The van der Waals surface area contributed by atoms with Crippen molar-refractivity contribution in [3.63, 3.8) is 0 Å². The van der Waals surface area contributed by atoms with Crippen LogP contribution in [0.5, 0.6) is 0 Å². The van der Waals surface area contributed by atoms with E-state index in [0.29, 0.717) is 31.6 Å². The molecule has 0 fully saturated rings. The molecule has 0 aliphatic heterocycles. The summed E-state index contributed by atoms with van der Waals surface area (Å²) in [6.45, 7) is 7.09. The Labute approximate surface area is 604 Å². The van der Waals surface area contributed by atoms with E-state index < -0.39 is 97.5 Å². The molecule has 2 unspecified atom stereocenters. The number of rotatable bonds is 76. The summed E-state index contributed by atoms with van der Waals surface area (Å²) < 4.78 is 68.5. The minimum atomic E-state index is -4.97. The lowest BCUT2D eigenvalue weighted by molar-refractivity contribution is -0.161. The average Bonchev–Trinajstić information content (AvgIpc) is 1.14. The van der Waals surface area contributed by atoms with E-state index in [2.05, 4.69) is 83.2 Å². The second kappa shape index (κ2) is 72.0. The fourth-order valence-corrected chi connectivity index (χ4v) is 12.9. The number of carbonyl (C=O) groups excluding carboxylic acids is 4. The minimum Gasteiger partial charge on any atom is -0.462 e. The minimum absolute atomic E-state index is 0.0819. The molecule has 0 heterocycles. The van der Waals surface area contributed by atoms with Crippen molar-refractivity contribution in [3.05, 3.63) is 48.6 Å². The lowest BCUT2D eigenvalue weighted by atomic mass is 10.0. The van der Waals surface area contributed by atoms with Crippen molar-refractivity contribution in [1.82, 2.24) is 0 Å². The maximum Gasteiger partial charge on any atom is 0.472 e. The van der Waals surface area contributed by atoms with Crippen molar-refractivity contribution < 1.29 is 80.2 Å². The highest BCUT2D eigenvalue weighted by Gasteiger charge is 2.30. The van der Waals surface area contributed by atoms with Crippen LogP contribution < -0.4 is 0 Å². The Hall–Kier alpha value is -2.98. The van der Waals surface area contributed by atoms with Crippen molar-refractivity contribution in [2.45, 2.75) is 393 Å². The van der Waals surface area contributed by atoms with Gasteiger partial charge in [0.1, 0.15) is 19.3 Å². The lowest BCUT2D eigenvalue weighted by Gasteiger charge is -2.21. The number of hydrogen-bond donors (Lipinski definition) is 3. The molecule has 0 aromatic heterocycles. The normalized spacial score (nSPS) is 14.2. The highest BCUT2D eigenvalue weighted by molar-refractivity contribution is 7.47. The molecule has 0 aliphatic rings. The summed E-state index contributed by atoms with van der Waals surface area (Å²) in [5.74, 6) is -1.50. The third-order valence-electron chi connectivity index (χ3n) is 17.5. The van der Waals surface area contributed by atoms with Crippen LogP contribution in [0, 0.1) is 5.92 Å². The molecule has 0 aromatic rings. The molecular weight excluding hydrogens is 1290 g/mol. The molecule has 5 atom stereocenters. The summed E-state index contributed by atoms with van der Waals surface area (Å²) in [4.78, 5) is 72.9. The Morgan fingerprint density at radius 1 is 0.313 bits per heavy atom. The van der Waals surface area contributed by atoms with Crippen molar-refractivity contribution in [1.29, 1.82) is 0 Å². The standard InChI is InChI=1S/C80H148O17P2/c1-6-9-12-15-18-21-24-27-30-31-32-33-34-37-40-43-46-49-56-61-65-79(84)96-75(69-90-77(82)63-58-53-47-44-41-38-35-28-25-22-19-16-13-10-7-2)71-94-98(86,87)92-67-74(81)68-93-99(88,89)95-72-76(70-91-78(83)64-59-54-51-50-52-57-62-73(4)5)97-80(85)66-60-55-48-45-42-39-36-29-26-23-20-17-14-11-8-3/h22-23,25-26,28-29,35-36,73-76,81H,6-21,24,27,30-34,37-72H2,1-5H3,(H,86,87)(H,88,89)/b25-22-,26-23-,35-28-,36-29-/t74-,75-,76-/m1/s1. The van der Waals surface area contributed by atoms with Crippen LogP contribution in [-0.4, -0.2) is 96.7 Å². The van der Waals surface area contributed by atoms with Crippen molar-refractivity contribution in [2.75, 3.05) is 39.6 Å². The van der Waals surface area contributed by atoms with Gasteiger partial charge in [0.2, 0.25) is 0 Å². The first-order valence-corrected chi connectivity index (χ1v) is 43.3. The first-order valence-electron chi connectivity index (χ1n) is 40.3. The largest absolute Gasteiger partial charge is 0.472 e. The fourth-order valence-electron chi connectivity index (χ4n) is 11.3. The Morgan fingerprint density at radius 2 is 0.545 bits per heavy atom. The summed E-state index contributed by atoms with van der Waals surface area (Å²) in [5.41, 5.74) is 0. The zero-order chi connectivity index (χ0) is 72.7. The van der Waals surface area contributed by atoms with Crippen LogP contribution in [0.3, 0.4) is 0 Å². The van der Waals surface area contributed by atoms with Crippen LogP contribution in [0.1, 0.15) is 375 Å². The van der Waals surface area contributed by atoms with Crippen molar-refractivity contribution >= 4 is 39.5 Å². The maximum atomic E-state index is 13.1. The van der Waals surface area contributed by atoms with Gasteiger partial charge in [-0.25, -0.2) is 9.13 Å². The molecule has 17 nitrogen and oxygen atoms in total. The zero-order valence-electron chi connectivity index (χ0n) is 63.6. The molecule has 0 radical (unpaired) electrons. The van der Waals surface area contributed by atoms with Crippen LogP contribution in [0.15, 0.2) is 48.6 Å². The molecule has 580 valence electrons. The van der Waals surface area contributed by atoms with Gasteiger partial charge in [-0.15, -0.1) is 0 Å². The quantitative estimate of drug-likeness (QED) is 0.0169. The van der Waals surface area contributed by atoms with E-state index in [1.807, 2.05) is 0 Å². The second-order valence-corrected chi connectivity index (χ2v) is 30.8. The van der Waals surface area contributed by atoms with Gasteiger partial charge in [0.05, 0.1) is 26.4 Å². The Balaban J connectivity index is 5.28. The molecule has 99 heavy (non-hydrogen) atoms. The summed E-state index contributed by atoms with van der Waals surface area (Å²) in [6.07, 6.45) is 68.5. The number of carbonyl (C=O) groups is 4. The predicted molar refractivity (Wildman–Crippen MR) is 404 cm³/mol. The van der Waals surface area contributed by atoms with Gasteiger partial charge in [-0.05, 0) is 83.0 Å². The molecule has 0 aromatic carbocycles. The molecule has 3 N–H and O–H groups in total. The summed E-state index contributed by atoms with van der Waals surface area (Å²) in [7, 11) is -9.94. The van der Waals surface area contributed by atoms with Crippen LogP contribution in [0.25, 0.3) is 0 Å². The van der Waals surface area contributed by atoms with E-state index in [1.165, 1.54) is 161 Å². The first kappa shape index (κ1) is 96.0. The van der Waals surface area contributed by atoms with Gasteiger partial charge in [-0.2, -0.15) is 0 Å². The number of unbranched alkanes of at least 4 members (excludes halogenated alkanes) is 42. The molecule has 0 saturated heterocycles. The van der Waals surface area contributed by atoms with E-state index in [9.17, 15) is 43.2 Å². The summed E-state index contributed by atoms with van der Waals surface area (Å²) in [5, 5.41) is 10.6. The molecule has 0 saturated carbocycles. The van der Waals surface area contributed by atoms with E-state index in [1.54, 1.807) is 0 Å². The molecule has 0 aliphatic carbocycles. The van der Waals surface area contributed by atoms with Crippen molar-refractivity contribution in [3.8, 4) is 0 Å². The topological polar surface area (TPSA) is 237 Å². The molecular formula is C80H148O17P2. The number of esters is 4. The number of phosphoric ester groups is 2. The highest BCUT2D eigenvalue weighted by Crippen LogP contribution is 2.45. The van der Waals surface area contributed by atoms with Gasteiger partial charge < -0.3 is 33.8 Å². The van der Waals surface area contributed by atoms with Crippen LogP contribution in [-0.2, 0) is 65.4 Å². The highest BCUT2D eigenvalue weighted by atomic mass is 31.2. The number of phosphoric acid groups is 2. The van der Waals surface area contributed by atoms with Gasteiger partial charge in [-0.1, -0.05) is 321 Å². The Bertz CT molecular complexity index is 2080. The third-order valence-corrected chi connectivity index (χ3v) is 19.4. The monoisotopic (exact) mass is 1440 g/mol. The first-order chi connectivity index (χ1) is 48.0. The second-order valence-electron chi connectivity index (χ2n) is 27.9. The third kappa shape index (κ3) is 73.1. The fraction of sp³-hybridized carbons (Fsp3) is 0.850. The lowest BCUT2D eigenvalue weighted by Crippen LogP contribution is -2.30. The van der Waals surface area contributed by atoms with Gasteiger partial charge in [0.15, 0.2) is 12.2 Å². The Kier molecular flexibility index (Phi) is 69.8. The Morgan fingerprint density at radius 3 is 0.828 bits per heavy atom. The number of aliphatic hydroxyl groups is 1. The smallest absolute Gasteiger partial charge is 0.462 e. The molecule has 0 spiro atoms. The predicted octanol–water partition coefficient (Wildman–Crippen LogP) is 23.1. The molecule has 0 rings (SSSR count). The molecule has 19 heteroatoms. The SMILES string of the molecule is CCCCCC/C=C\C=C/CCCCCCCC(=O)OC[C@H](COP(=O)(O)OC[C@@H](O)COP(=O)(O)OC[C@@H](COC(=O)CCCCCCCCC(C)C)OC(=O)CCCCCCC/C=C\C=C/CCCCCC)OC(=O)CCCCCCCCCCCCCCCCCCCCCC. The maximum absolute atomic E-state index is 13.1. The zero-order valence-corrected chi connectivity index (χ0v) is 65.4. The number of aliphatic hydroxyl groups excluding tert-OH is 1. The van der Waals surface area contributed by atoms with E-state index in [4.69, 9.17) is 37.0 Å². The van der Waals surface area contributed by atoms with E-state index >= 15 is 0 Å². The number of hydrogen-bond acceptors (Lipinski definition) is 15. The van der Waals surface area contributed by atoms with E-state index in [0.717, 1.165) is 128 Å². The number of ether oxygens (including phenoxy) is 4. The van der Waals surface area contributed by atoms with Crippen LogP contribution >= 0.6 is 15.6 Å². The van der Waals surface area contributed by atoms with Crippen molar-refractivity contribution in [2.24, 2.45) is 5.92 Å². The van der Waals surface area contributed by atoms with Gasteiger partial charge in [0.25, 0.3) is 0 Å². The van der Waals surface area contributed by atoms with Gasteiger partial charge >= 0.3 is 39.5 Å². The van der Waals surface area contributed by atoms with Crippen LogP contribution in [0.4, 0.5) is 0 Å². The summed E-state index contributed by atoms with van der Waals surface area (Å²) in [6, 6.07) is 0. The van der Waals surface area contributed by atoms with E-state index in [-0.39, 0.29) is 25.7 Å². The number of allylic oxidation sites excluding steroid dienone is 8. The molecule has 0 amide bonds. The molecule has 0 bridgehead atoms.